The molecule has 0 spiro atoms. The number of hydrogen-bond donors (Lipinski definition) is 1. The Balaban J connectivity index is 1.82. The summed E-state index contributed by atoms with van der Waals surface area (Å²) in [5.74, 6) is 0.290. The van der Waals surface area contributed by atoms with E-state index in [1.54, 1.807) is 6.92 Å². The van der Waals surface area contributed by atoms with E-state index in [0.29, 0.717) is 34.6 Å². The number of carbonyl (C=O) groups is 2. The van der Waals surface area contributed by atoms with Crippen molar-refractivity contribution in [1.29, 1.82) is 0 Å². The standard InChI is InChI=1S/C20H23NO3S/c1-4-24-20(23)17-16(14-7-8-14)11-25-19(17)21-18(22)15-9-5-13(6-10-15)12(2)3/h5-6,9-12,14H,4,7-8H2,1-3H3,(H,21,22). The summed E-state index contributed by atoms with van der Waals surface area (Å²) in [5, 5.41) is 5.45. The van der Waals surface area contributed by atoms with Crippen LogP contribution in [0.25, 0.3) is 0 Å². The molecule has 132 valence electrons. The maximum Gasteiger partial charge on any atom is 0.341 e. The van der Waals surface area contributed by atoms with Crippen LogP contribution in [-0.4, -0.2) is 18.5 Å². The van der Waals surface area contributed by atoms with Crippen molar-refractivity contribution < 1.29 is 14.3 Å². The van der Waals surface area contributed by atoms with E-state index in [9.17, 15) is 9.59 Å². The number of thiophene rings is 1. The van der Waals surface area contributed by atoms with Gasteiger partial charge in [-0.05, 0) is 60.2 Å². The first kappa shape index (κ1) is 17.7. The summed E-state index contributed by atoms with van der Waals surface area (Å²) in [5.41, 5.74) is 3.31. The predicted octanol–water partition coefficient (Wildman–Crippen LogP) is 5.18. The molecule has 2 aromatic rings. The minimum Gasteiger partial charge on any atom is -0.462 e. The lowest BCUT2D eigenvalue weighted by Gasteiger charge is -2.09. The molecule has 0 atom stereocenters. The minimum absolute atomic E-state index is 0.204. The van der Waals surface area contributed by atoms with Gasteiger partial charge in [0.1, 0.15) is 5.00 Å². The number of nitrogens with one attached hydrogen (secondary N) is 1. The summed E-state index contributed by atoms with van der Waals surface area (Å²) in [7, 11) is 0. The SMILES string of the molecule is CCOC(=O)c1c(C2CC2)csc1NC(=O)c1ccc(C(C)C)cc1. The number of benzene rings is 1. The Bertz CT molecular complexity index is 773. The molecule has 5 heteroatoms. The van der Waals surface area contributed by atoms with E-state index in [2.05, 4.69) is 19.2 Å². The molecule has 1 aromatic heterocycles. The molecule has 1 saturated carbocycles. The summed E-state index contributed by atoms with van der Waals surface area (Å²) in [6, 6.07) is 7.58. The van der Waals surface area contributed by atoms with Gasteiger partial charge in [-0.25, -0.2) is 4.79 Å². The maximum atomic E-state index is 12.6. The molecule has 0 bridgehead atoms. The molecule has 3 rings (SSSR count). The van der Waals surface area contributed by atoms with Gasteiger partial charge in [-0.3, -0.25) is 4.79 Å². The fraction of sp³-hybridized carbons (Fsp3) is 0.400. The number of esters is 1. The molecule has 1 aromatic carbocycles. The number of amides is 1. The van der Waals surface area contributed by atoms with Crippen molar-refractivity contribution in [2.45, 2.75) is 45.4 Å². The molecular formula is C20H23NO3S. The van der Waals surface area contributed by atoms with Crippen LogP contribution in [0.5, 0.6) is 0 Å². The van der Waals surface area contributed by atoms with Gasteiger partial charge in [0.05, 0.1) is 12.2 Å². The van der Waals surface area contributed by atoms with Crippen molar-refractivity contribution in [3.8, 4) is 0 Å². The van der Waals surface area contributed by atoms with Crippen LogP contribution in [-0.2, 0) is 4.74 Å². The molecule has 0 radical (unpaired) electrons. The molecule has 1 fully saturated rings. The second kappa shape index (κ2) is 7.40. The third-order valence-corrected chi connectivity index (χ3v) is 5.30. The lowest BCUT2D eigenvalue weighted by atomic mass is 10.0. The molecule has 1 amide bonds. The van der Waals surface area contributed by atoms with Gasteiger partial charge in [-0.1, -0.05) is 26.0 Å². The molecule has 0 saturated heterocycles. The third-order valence-electron chi connectivity index (χ3n) is 4.38. The van der Waals surface area contributed by atoms with Gasteiger partial charge in [-0.15, -0.1) is 11.3 Å². The summed E-state index contributed by atoms with van der Waals surface area (Å²) in [4.78, 5) is 24.9. The zero-order valence-corrected chi connectivity index (χ0v) is 15.6. The number of rotatable bonds is 6. The molecule has 1 aliphatic carbocycles. The van der Waals surface area contributed by atoms with Crippen molar-refractivity contribution in [1.82, 2.24) is 0 Å². The Labute approximate surface area is 152 Å². The zero-order chi connectivity index (χ0) is 18.0. The van der Waals surface area contributed by atoms with Crippen molar-refractivity contribution in [3.05, 3.63) is 51.9 Å². The molecular weight excluding hydrogens is 334 g/mol. The summed E-state index contributed by atoms with van der Waals surface area (Å²) >= 11 is 1.40. The van der Waals surface area contributed by atoms with Crippen LogP contribution in [0.15, 0.2) is 29.6 Å². The maximum absolute atomic E-state index is 12.6. The summed E-state index contributed by atoms with van der Waals surface area (Å²) in [6.45, 7) is 6.34. The van der Waals surface area contributed by atoms with Gasteiger partial charge in [0.2, 0.25) is 0 Å². The van der Waals surface area contributed by atoms with E-state index in [1.807, 2.05) is 29.6 Å². The normalized spacial score (nSPS) is 13.8. The van der Waals surface area contributed by atoms with E-state index < -0.39 is 0 Å². The van der Waals surface area contributed by atoms with E-state index >= 15 is 0 Å². The topological polar surface area (TPSA) is 55.4 Å². The second-order valence-electron chi connectivity index (χ2n) is 6.62. The van der Waals surface area contributed by atoms with Crippen LogP contribution in [0.2, 0.25) is 0 Å². The average Bonchev–Trinajstić information content (AvgIpc) is 3.36. The molecule has 0 aliphatic heterocycles. The van der Waals surface area contributed by atoms with E-state index in [0.717, 1.165) is 18.4 Å². The average molecular weight is 357 g/mol. The van der Waals surface area contributed by atoms with Crippen LogP contribution >= 0.6 is 11.3 Å². The molecule has 0 unspecified atom stereocenters. The van der Waals surface area contributed by atoms with Crippen molar-refractivity contribution in [2.24, 2.45) is 0 Å². The first-order chi connectivity index (χ1) is 12.0. The van der Waals surface area contributed by atoms with Crippen LogP contribution in [0, 0.1) is 0 Å². The van der Waals surface area contributed by atoms with E-state index in [-0.39, 0.29) is 11.9 Å². The Morgan fingerprint density at radius 3 is 2.48 bits per heavy atom. The van der Waals surface area contributed by atoms with Gasteiger partial charge in [-0.2, -0.15) is 0 Å². The van der Waals surface area contributed by atoms with Crippen molar-refractivity contribution in [3.63, 3.8) is 0 Å². The first-order valence-corrected chi connectivity index (χ1v) is 9.59. The second-order valence-corrected chi connectivity index (χ2v) is 7.50. The molecule has 4 nitrogen and oxygen atoms in total. The smallest absolute Gasteiger partial charge is 0.341 e. The lowest BCUT2D eigenvalue weighted by molar-refractivity contribution is 0.0527. The monoisotopic (exact) mass is 357 g/mol. The highest BCUT2D eigenvalue weighted by Gasteiger charge is 2.32. The highest BCUT2D eigenvalue weighted by atomic mass is 32.1. The Morgan fingerprint density at radius 2 is 1.92 bits per heavy atom. The highest BCUT2D eigenvalue weighted by Crippen LogP contribution is 2.46. The number of anilines is 1. The van der Waals surface area contributed by atoms with Crippen molar-refractivity contribution >= 4 is 28.2 Å². The van der Waals surface area contributed by atoms with Crippen molar-refractivity contribution in [2.75, 3.05) is 11.9 Å². The minimum atomic E-state index is -0.351. The van der Waals surface area contributed by atoms with Gasteiger partial charge >= 0.3 is 5.97 Å². The summed E-state index contributed by atoms with van der Waals surface area (Å²) in [6.07, 6.45) is 2.18. The van der Waals surface area contributed by atoms with Crippen LogP contribution in [0.1, 0.15) is 77.3 Å². The van der Waals surface area contributed by atoms with Gasteiger partial charge in [0, 0.05) is 5.56 Å². The fourth-order valence-corrected chi connectivity index (χ4v) is 3.79. The molecule has 1 heterocycles. The largest absolute Gasteiger partial charge is 0.462 e. The van der Waals surface area contributed by atoms with Crippen LogP contribution in [0.4, 0.5) is 5.00 Å². The Hall–Kier alpha value is -2.14. The Kier molecular flexibility index (Phi) is 5.23. The molecule has 25 heavy (non-hydrogen) atoms. The molecule has 1 aliphatic rings. The fourth-order valence-electron chi connectivity index (χ4n) is 2.77. The zero-order valence-electron chi connectivity index (χ0n) is 14.8. The summed E-state index contributed by atoms with van der Waals surface area (Å²) < 4.78 is 5.19. The van der Waals surface area contributed by atoms with Crippen LogP contribution in [0.3, 0.4) is 0 Å². The number of ether oxygens (including phenoxy) is 1. The number of carbonyl (C=O) groups excluding carboxylic acids is 2. The van der Waals surface area contributed by atoms with Gasteiger partial charge in [0.15, 0.2) is 0 Å². The lowest BCUT2D eigenvalue weighted by Crippen LogP contribution is -2.15. The van der Waals surface area contributed by atoms with E-state index in [1.165, 1.54) is 16.9 Å². The van der Waals surface area contributed by atoms with Gasteiger partial charge in [0.25, 0.3) is 5.91 Å². The highest BCUT2D eigenvalue weighted by molar-refractivity contribution is 7.15. The van der Waals surface area contributed by atoms with E-state index in [4.69, 9.17) is 4.74 Å². The predicted molar refractivity (Wildman–Crippen MR) is 101 cm³/mol. The van der Waals surface area contributed by atoms with Gasteiger partial charge < -0.3 is 10.1 Å². The third kappa shape index (κ3) is 3.93. The Morgan fingerprint density at radius 1 is 1.24 bits per heavy atom. The quantitative estimate of drug-likeness (QED) is 0.725. The molecule has 1 N–H and O–H groups in total. The first-order valence-electron chi connectivity index (χ1n) is 8.71. The van der Waals surface area contributed by atoms with Crippen LogP contribution < -0.4 is 5.32 Å². The number of hydrogen-bond acceptors (Lipinski definition) is 4.